The molecular formula is C31H30N4O7S. The highest BCUT2D eigenvalue weighted by molar-refractivity contribution is 7.10. The molecule has 0 amide bonds. The number of ketones is 1. The van der Waals surface area contributed by atoms with Crippen LogP contribution in [-0.2, 0) is 23.9 Å². The number of ether oxygens (including phenoxy) is 2. The van der Waals surface area contributed by atoms with E-state index in [4.69, 9.17) is 15.2 Å². The maximum atomic E-state index is 14.7. The van der Waals surface area contributed by atoms with Crippen LogP contribution in [0.1, 0.15) is 48.1 Å². The number of carbonyl (C=O) groups excluding carboxylic acids is 3. The molecule has 0 saturated carbocycles. The van der Waals surface area contributed by atoms with Crippen LogP contribution < -0.4 is 10.6 Å². The van der Waals surface area contributed by atoms with Gasteiger partial charge in [0.2, 0.25) is 0 Å². The Morgan fingerprint density at radius 3 is 2.53 bits per heavy atom. The first-order valence-corrected chi connectivity index (χ1v) is 14.7. The number of non-ortho nitro benzene ring substituents is 1. The Bertz CT molecular complexity index is 1650. The van der Waals surface area contributed by atoms with Crippen LogP contribution in [0.15, 0.2) is 82.9 Å². The summed E-state index contributed by atoms with van der Waals surface area (Å²) in [6.45, 7) is 5.17. The third-order valence-corrected chi connectivity index (χ3v) is 8.64. The smallest absolute Gasteiger partial charge is 0.338 e. The summed E-state index contributed by atoms with van der Waals surface area (Å²) < 4.78 is 10.8. The summed E-state index contributed by atoms with van der Waals surface area (Å²) in [5.74, 6) is -4.57. The third-order valence-electron chi connectivity index (χ3n) is 7.63. The van der Waals surface area contributed by atoms with Crippen LogP contribution in [-0.4, -0.2) is 40.8 Å². The van der Waals surface area contributed by atoms with E-state index in [1.54, 1.807) is 56.3 Å². The van der Waals surface area contributed by atoms with E-state index in [1.165, 1.54) is 23.5 Å². The molecule has 11 nitrogen and oxygen atoms in total. The van der Waals surface area contributed by atoms with Crippen molar-refractivity contribution in [2.45, 2.75) is 39.0 Å². The number of Topliss-reactive ketones (excluding diaryl/α,β-unsaturated/α-hetero) is 1. The quantitative estimate of drug-likeness (QED) is 0.163. The molecule has 1 aliphatic carbocycles. The Kier molecular flexibility index (Phi) is 8.40. The highest BCUT2D eigenvalue weighted by atomic mass is 32.1. The molecule has 0 bridgehead atoms. The number of esters is 2. The van der Waals surface area contributed by atoms with Gasteiger partial charge < -0.3 is 15.2 Å². The summed E-state index contributed by atoms with van der Waals surface area (Å²) in [4.78, 5) is 59.4. The zero-order chi connectivity index (χ0) is 30.8. The van der Waals surface area contributed by atoms with Crippen LogP contribution in [0.3, 0.4) is 0 Å². The first kappa shape index (κ1) is 29.6. The second-order valence-electron chi connectivity index (χ2n) is 10.1. The average molecular weight is 603 g/mol. The second-order valence-corrected chi connectivity index (χ2v) is 11.1. The van der Waals surface area contributed by atoms with E-state index in [0.29, 0.717) is 22.5 Å². The summed E-state index contributed by atoms with van der Waals surface area (Å²) >= 11 is 1.42. The Morgan fingerprint density at radius 2 is 1.93 bits per heavy atom. The van der Waals surface area contributed by atoms with Crippen LogP contribution in [0.4, 0.5) is 11.4 Å². The van der Waals surface area contributed by atoms with Crippen molar-refractivity contribution in [2.24, 2.45) is 11.7 Å². The van der Waals surface area contributed by atoms with Crippen molar-refractivity contribution >= 4 is 40.4 Å². The molecule has 0 fully saturated rings. The van der Waals surface area contributed by atoms with E-state index in [1.807, 2.05) is 17.5 Å². The Hall–Kier alpha value is -4.84. The zero-order valence-corrected chi connectivity index (χ0v) is 24.6. The molecule has 3 aromatic rings. The van der Waals surface area contributed by atoms with Crippen molar-refractivity contribution in [3.8, 4) is 0 Å². The number of thiophene rings is 1. The molecule has 2 N–H and O–H groups in total. The number of pyridine rings is 1. The molecule has 5 rings (SSSR count). The van der Waals surface area contributed by atoms with Crippen molar-refractivity contribution in [2.75, 3.05) is 18.1 Å². The normalized spacial score (nSPS) is 20.1. The molecule has 0 saturated heterocycles. The molecule has 1 aromatic carbocycles. The lowest BCUT2D eigenvalue weighted by Crippen LogP contribution is -2.46. The molecule has 43 heavy (non-hydrogen) atoms. The van der Waals surface area contributed by atoms with E-state index in [9.17, 15) is 24.5 Å². The van der Waals surface area contributed by atoms with Crippen molar-refractivity contribution in [1.29, 1.82) is 0 Å². The number of rotatable bonds is 8. The summed E-state index contributed by atoms with van der Waals surface area (Å²) in [5, 5.41) is 13.4. The largest absolute Gasteiger partial charge is 0.465 e. The number of nitro groups is 1. The van der Waals surface area contributed by atoms with Gasteiger partial charge in [0.05, 0.1) is 35.3 Å². The number of allylic oxidation sites excluding steroid dienone is 2. The summed E-state index contributed by atoms with van der Waals surface area (Å²) in [6.07, 6.45) is 3.32. The summed E-state index contributed by atoms with van der Waals surface area (Å²) in [5.41, 5.74) is 8.91. The molecule has 0 radical (unpaired) electrons. The van der Waals surface area contributed by atoms with Gasteiger partial charge in [-0.15, -0.1) is 11.3 Å². The molecule has 3 heterocycles. The van der Waals surface area contributed by atoms with Gasteiger partial charge in [-0.1, -0.05) is 12.1 Å². The van der Waals surface area contributed by atoms with Gasteiger partial charge in [0.25, 0.3) is 5.69 Å². The predicted molar refractivity (Wildman–Crippen MR) is 159 cm³/mol. The van der Waals surface area contributed by atoms with Gasteiger partial charge in [-0.25, -0.2) is 4.79 Å². The van der Waals surface area contributed by atoms with Gasteiger partial charge in [-0.3, -0.25) is 29.6 Å². The zero-order valence-electron chi connectivity index (χ0n) is 23.8. The van der Waals surface area contributed by atoms with Gasteiger partial charge >= 0.3 is 11.9 Å². The van der Waals surface area contributed by atoms with E-state index < -0.39 is 40.4 Å². The Morgan fingerprint density at radius 1 is 1.16 bits per heavy atom. The molecule has 3 atom stereocenters. The topological polar surface area (TPSA) is 155 Å². The van der Waals surface area contributed by atoms with Crippen LogP contribution in [0, 0.1) is 23.0 Å². The minimum Gasteiger partial charge on any atom is -0.465 e. The van der Waals surface area contributed by atoms with E-state index in [-0.39, 0.29) is 42.3 Å². The van der Waals surface area contributed by atoms with E-state index in [0.717, 1.165) is 4.88 Å². The third kappa shape index (κ3) is 5.29. The molecule has 0 spiro atoms. The van der Waals surface area contributed by atoms with Gasteiger partial charge in [0, 0.05) is 46.6 Å². The molecule has 1 aliphatic heterocycles. The first-order chi connectivity index (χ1) is 20.7. The van der Waals surface area contributed by atoms with Crippen molar-refractivity contribution < 1.29 is 28.8 Å². The molecule has 222 valence electrons. The number of aromatic nitrogens is 1. The standard InChI is InChI=1S/C31H30N4O7S/c1-4-41-30(37)25-20(23-9-7-13-43-23)15-22-26(28(25)36)24(18-8-6-12-33-16-18)27(31(38)42-5-2)29(32)34(22)21-11-10-19(35(39)40)14-17(21)3/h6-14,16,20,24-25H,4-5,15,32H2,1-3H3. The fourth-order valence-electron chi connectivity index (χ4n) is 5.87. The van der Waals surface area contributed by atoms with E-state index in [2.05, 4.69) is 4.98 Å². The minimum absolute atomic E-state index is 0.0110. The SMILES string of the molecule is CCOC(=O)C1=C(N)N(c2ccc([N+](=O)[O-])cc2C)C2=C(C(=O)C(C(=O)OCC)C(c3cccs3)C2)C1c1cccnc1. The van der Waals surface area contributed by atoms with Gasteiger partial charge in [0.1, 0.15) is 11.7 Å². The molecule has 3 unspecified atom stereocenters. The van der Waals surface area contributed by atoms with E-state index >= 15 is 0 Å². The lowest BCUT2D eigenvalue weighted by Gasteiger charge is -2.44. The van der Waals surface area contributed by atoms with Crippen LogP contribution >= 0.6 is 11.3 Å². The Balaban J connectivity index is 1.83. The van der Waals surface area contributed by atoms with Crippen molar-refractivity contribution in [3.05, 3.63) is 109 Å². The predicted octanol–water partition coefficient (Wildman–Crippen LogP) is 4.89. The summed E-state index contributed by atoms with van der Waals surface area (Å²) in [7, 11) is 0. The van der Waals surface area contributed by atoms with Gasteiger partial charge in [0.15, 0.2) is 5.78 Å². The Labute approximate surface area is 251 Å². The monoisotopic (exact) mass is 602 g/mol. The summed E-state index contributed by atoms with van der Waals surface area (Å²) in [6, 6.07) is 11.4. The molecule has 2 aliphatic rings. The number of hydrogen-bond acceptors (Lipinski definition) is 11. The number of nitro benzene ring substituents is 1. The molecule has 2 aromatic heterocycles. The maximum Gasteiger partial charge on any atom is 0.338 e. The minimum atomic E-state index is -1.17. The van der Waals surface area contributed by atoms with Crippen molar-refractivity contribution in [1.82, 2.24) is 4.98 Å². The maximum absolute atomic E-state index is 14.7. The fourth-order valence-corrected chi connectivity index (χ4v) is 6.73. The lowest BCUT2D eigenvalue weighted by molar-refractivity contribution is -0.384. The molecule has 12 heteroatoms. The van der Waals surface area contributed by atoms with Crippen molar-refractivity contribution in [3.63, 3.8) is 0 Å². The fraction of sp³-hybridized carbons (Fsp3) is 0.290. The lowest BCUT2D eigenvalue weighted by atomic mass is 9.68. The van der Waals surface area contributed by atoms with Gasteiger partial charge in [-0.2, -0.15) is 0 Å². The number of aryl methyl sites for hydroxylation is 1. The molecular weight excluding hydrogens is 572 g/mol. The average Bonchev–Trinajstić information content (AvgIpc) is 3.52. The highest BCUT2D eigenvalue weighted by Crippen LogP contribution is 2.52. The number of anilines is 1. The number of nitrogens with two attached hydrogens (primary N) is 1. The number of carbonyl (C=O) groups is 3. The number of nitrogens with zero attached hydrogens (tertiary/aromatic N) is 3. The van der Waals surface area contributed by atoms with Crippen LogP contribution in [0.25, 0.3) is 0 Å². The number of hydrogen-bond donors (Lipinski definition) is 1. The second kappa shape index (κ2) is 12.2. The number of benzene rings is 1. The van der Waals surface area contributed by atoms with Crippen LogP contribution in [0.5, 0.6) is 0 Å². The van der Waals surface area contributed by atoms with Crippen LogP contribution in [0.2, 0.25) is 0 Å². The first-order valence-electron chi connectivity index (χ1n) is 13.8. The highest BCUT2D eigenvalue weighted by Gasteiger charge is 2.51. The van der Waals surface area contributed by atoms with Gasteiger partial charge in [-0.05, 0) is 61.9 Å².